The van der Waals surface area contributed by atoms with Crippen molar-refractivity contribution < 1.29 is 17.9 Å². The van der Waals surface area contributed by atoms with Gasteiger partial charge >= 0.3 is 6.18 Å². The molecule has 0 bridgehead atoms. The highest BCUT2D eigenvalue weighted by Gasteiger charge is 2.33. The molecule has 1 fully saturated rings. The standard InChI is InChI=1S/C19H20ClF3N2O/c1-12(26-18-7-4-14(10-25-18)19(21,22)23)16-8-9-24-11-17(16)13-2-5-15(20)6-3-13/h2-7,10,12,16-17,24H,8-9,11H2,1H3. The zero-order valence-corrected chi connectivity index (χ0v) is 15.0. The van der Waals surface area contributed by atoms with Gasteiger partial charge in [-0.2, -0.15) is 13.2 Å². The third-order valence-corrected chi connectivity index (χ3v) is 5.06. The molecular weight excluding hydrogens is 365 g/mol. The highest BCUT2D eigenvalue weighted by Crippen LogP contribution is 2.34. The van der Waals surface area contributed by atoms with E-state index in [2.05, 4.69) is 10.3 Å². The molecule has 0 radical (unpaired) electrons. The predicted octanol–water partition coefficient (Wildman–Crippen LogP) is 4.91. The van der Waals surface area contributed by atoms with E-state index in [4.69, 9.17) is 16.3 Å². The lowest BCUT2D eigenvalue weighted by atomic mass is 9.78. The van der Waals surface area contributed by atoms with E-state index in [0.29, 0.717) is 5.02 Å². The van der Waals surface area contributed by atoms with Crippen LogP contribution in [0.5, 0.6) is 5.88 Å². The highest BCUT2D eigenvalue weighted by atomic mass is 35.5. The van der Waals surface area contributed by atoms with Crippen LogP contribution in [0, 0.1) is 5.92 Å². The fourth-order valence-corrected chi connectivity index (χ4v) is 3.54. The van der Waals surface area contributed by atoms with Crippen LogP contribution < -0.4 is 10.1 Å². The van der Waals surface area contributed by atoms with E-state index < -0.39 is 11.7 Å². The number of hydrogen-bond donors (Lipinski definition) is 1. The minimum absolute atomic E-state index is 0.179. The number of alkyl halides is 3. The van der Waals surface area contributed by atoms with E-state index in [-0.39, 0.29) is 23.8 Å². The number of halogens is 4. The molecule has 3 rings (SSSR count). The number of aromatic nitrogens is 1. The number of benzene rings is 1. The minimum atomic E-state index is -4.40. The number of piperidine rings is 1. The molecule has 1 aliphatic heterocycles. The lowest BCUT2D eigenvalue weighted by Crippen LogP contribution is -2.41. The molecular formula is C19H20ClF3N2O. The summed E-state index contributed by atoms with van der Waals surface area (Å²) < 4.78 is 43.8. The van der Waals surface area contributed by atoms with E-state index in [1.165, 1.54) is 11.6 Å². The maximum absolute atomic E-state index is 12.6. The molecule has 3 unspecified atom stereocenters. The van der Waals surface area contributed by atoms with Crippen molar-refractivity contribution in [2.24, 2.45) is 5.92 Å². The molecule has 3 atom stereocenters. The topological polar surface area (TPSA) is 34.1 Å². The average Bonchev–Trinajstić information content (AvgIpc) is 2.62. The molecule has 7 heteroatoms. The van der Waals surface area contributed by atoms with Crippen molar-refractivity contribution in [2.45, 2.75) is 31.5 Å². The molecule has 0 amide bonds. The molecule has 0 spiro atoms. The number of nitrogens with zero attached hydrogens (tertiary/aromatic N) is 1. The van der Waals surface area contributed by atoms with Crippen molar-refractivity contribution in [1.82, 2.24) is 10.3 Å². The second kappa shape index (κ2) is 7.84. The molecule has 1 saturated heterocycles. The molecule has 26 heavy (non-hydrogen) atoms. The van der Waals surface area contributed by atoms with Gasteiger partial charge in [-0.1, -0.05) is 23.7 Å². The number of ether oxygens (including phenoxy) is 1. The summed E-state index contributed by atoms with van der Waals surface area (Å²) in [5.74, 6) is 0.672. The van der Waals surface area contributed by atoms with Crippen LogP contribution in [0.2, 0.25) is 5.02 Å². The Morgan fingerprint density at radius 3 is 2.54 bits per heavy atom. The van der Waals surface area contributed by atoms with Crippen LogP contribution >= 0.6 is 11.6 Å². The van der Waals surface area contributed by atoms with Crippen molar-refractivity contribution in [1.29, 1.82) is 0 Å². The summed E-state index contributed by atoms with van der Waals surface area (Å²) in [5.41, 5.74) is 0.390. The maximum Gasteiger partial charge on any atom is 0.417 e. The van der Waals surface area contributed by atoms with E-state index in [9.17, 15) is 13.2 Å². The van der Waals surface area contributed by atoms with Gasteiger partial charge < -0.3 is 10.1 Å². The van der Waals surface area contributed by atoms with Crippen LogP contribution in [0.15, 0.2) is 42.6 Å². The lowest BCUT2D eigenvalue weighted by molar-refractivity contribution is -0.137. The minimum Gasteiger partial charge on any atom is -0.474 e. The fraction of sp³-hybridized carbons (Fsp3) is 0.421. The molecule has 1 N–H and O–H groups in total. The van der Waals surface area contributed by atoms with Gasteiger partial charge in [-0.3, -0.25) is 0 Å². The summed E-state index contributed by atoms with van der Waals surface area (Å²) in [6.45, 7) is 3.64. The monoisotopic (exact) mass is 384 g/mol. The molecule has 3 nitrogen and oxygen atoms in total. The molecule has 1 aromatic carbocycles. The van der Waals surface area contributed by atoms with Crippen molar-refractivity contribution in [2.75, 3.05) is 13.1 Å². The van der Waals surface area contributed by atoms with Gasteiger partial charge in [0.05, 0.1) is 5.56 Å². The molecule has 0 saturated carbocycles. The van der Waals surface area contributed by atoms with Crippen molar-refractivity contribution in [3.8, 4) is 5.88 Å². The molecule has 1 aliphatic rings. The first-order valence-corrected chi connectivity index (χ1v) is 8.88. The first kappa shape index (κ1) is 19.0. The fourth-order valence-electron chi connectivity index (χ4n) is 3.41. The zero-order chi connectivity index (χ0) is 18.7. The average molecular weight is 385 g/mol. The van der Waals surface area contributed by atoms with Crippen molar-refractivity contribution in [3.05, 3.63) is 58.7 Å². The smallest absolute Gasteiger partial charge is 0.417 e. The summed E-state index contributed by atoms with van der Waals surface area (Å²) in [6, 6.07) is 10.0. The molecule has 1 aromatic heterocycles. The first-order chi connectivity index (χ1) is 12.3. The van der Waals surface area contributed by atoms with E-state index in [1.807, 2.05) is 31.2 Å². The van der Waals surface area contributed by atoms with Crippen LogP contribution in [-0.2, 0) is 6.18 Å². The Kier molecular flexibility index (Phi) is 5.73. The summed E-state index contributed by atoms with van der Waals surface area (Å²) in [4.78, 5) is 3.81. The highest BCUT2D eigenvalue weighted by molar-refractivity contribution is 6.30. The van der Waals surface area contributed by atoms with Gasteiger partial charge in [0.1, 0.15) is 6.10 Å². The number of rotatable bonds is 4. The van der Waals surface area contributed by atoms with Gasteiger partial charge in [0, 0.05) is 35.7 Å². The largest absolute Gasteiger partial charge is 0.474 e. The SMILES string of the molecule is CC(Oc1ccc(C(F)(F)F)cn1)C1CCNCC1c1ccc(Cl)cc1. The lowest BCUT2D eigenvalue weighted by Gasteiger charge is -2.36. The van der Waals surface area contributed by atoms with E-state index in [0.717, 1.165) is 31.8 Å². The Morgan fingerprint density at radius 2 is 1.92 bits per heavy atom. The van der Waals surface area contributed by atoms with Gasteiger partial charge in [0.25, 0.3) is 0 Å². The quantitative estimate of drug-likeness (QED) is 0.812. The second-order valence-electron chi connectivity index (χ2n) is 6.52. The number of nitrogens with one attached hydrogen (secondary N) is 1. The maximum atomic E-state index is 12.6. The van der Waals surface area contributed by atoms with Crippen molar-refractivity contribution >= 4 is 11.6 Å². The van der Waals surface area contributed by atoms with Gasteiger partial charge in [-0.15, -0.1) is 0 Å². The van der Waals surface area contributed by atoms with Gasteiger partial charge in [0.2, 0.25) is 5.88 Å². The van der Waals surface area contributed by atoms with E-state index in [1.54, 1.807) is 0 Å². The second-order valence-corrected chi connectivity index (χ2v) is 6.96. The van der Waals surface area contributed by atoms with Crippen LogP contribution in [-0.4, -0.2) is 24.2 Å². The van der Waals surface area contributed by atoms with Gasteiger partial charge in [0.15, 0.2) is 0 Å². The Morgan fingerprint density at radius 1 is 1.19 bits per heavy atom. The third kappa shape index (κ3) is 4.48. The molecule has 2 heterocycles. The van der Waals surface area contributed by atoms with Gasteiger partial charge in [-0.25, -0.2) is 4.98 Å². The number of hydrogen-bond acceptors (Lipinski definition) is 3. The Labute approximate surface area is 155 Å². The molecule has 2 aromatic rings. The summed E-state index contributed by atoms with van der Waals surface area (Å²) in [5, 5.41) is 4.08. The number of pyridine rings is 1. The Balaban J connectivity index is 1.72. The van der Waals surface area contributed by atoms with E-state index >= 15 is 0 Å². The Bertz CT molecular complexity index is 719. The van der Waals surface area contributed by atoms with Crippen LogP contribution in [0.1, 0.15) is 30.4 Å². The van der Waals surface area contributed by atoms with Crippen LogP contribution in [0.3, 0.4) is 0 Å². The predicted molar refractivity (Wildman–Crippen MR) is 94.5 cm³/mol. The van der Waals surface area contributed by atoms with Crippen LogP contribution in [0.4, 0.5) is 13.2 Å². The molecule has 140 valence electrons. The summed E-state index contributed by atoms with van der Waals surface area (Å²) in [7, 11) is 0. The summed E-state index contributed by atoms with van der Waals surface area (Å²) >= 11 is 5.97. The van der Waals surface area contributed by atoms with Crippen molar-refractivity contribution in [3.63, 3.8) is 0 Å². The first-order valence-electron chi connectivity index (χ1n) is 8.50. The molecule has 0 aliphatic carbocycles. The third-order valence-electron chi connectivity index (χ3n) is 4.81. The normalized spacial score (nSPS) is 22.0. The Hall–Kier alpha value is -1.79. The zero-order valence-electron chi connectivity index (χ0n) is 14.3. The van der Waals surface area contributed by atoms with Crippen LogP contribution in [0.25, 0.3) is 0 Å². The summed E-state index contributed by atoms with van der Waals surface area (Å²) in [6.07, 6.45) is -2.86. The van der Waals surface area contributed by atoms with Gasteiger partial charge in [-0.05, 0) is 43.7 Å².